The monoisotopic (exact) mass is 270 g/mol. The van der Waals surface area contributed by atoms with Gasteiger partial charge >= 0.3 is 7.82 Å². The molecule has 1 aromatic carbocycles. The maximum Gasteiger partial charge on any atom is 0.469 e. The van der Waals surface area contributed by atoms with E-state index in [9.17, 15) is 4.57 Å². The molecule has 0 unspecified atom stereocenters. The molecule has 0 fully saturated rings. The van der Waals surface area contributed by atoms with Crippen LogP contribution in [-0.2, 0) is 15.5 Å². The minimum absolute atomic E-state index is 0.0674. The molecule has 0 bridgehead atoms. The highest BCUT2D eigenvalue weighted by molar-refractivity contribution is 7.46. The van der Waals surface area contributed by atoms with E-state index in [1.807, 2.05) is 26.0 Å². The van der Waals surface area contributed by atoms with Crippen molar-refractivity contribution in [1.29, 1.82) is 0 Å². The Bertz CT molecular complexity index is 578. The second-order valence-corrected chi connectivity index (χ2v) is 5.45. The van der Waals surface area contributed by atoms with Gasteiger partial charge in [-0.1, -0.05) is 0 Å². The van der Waals surface area contributed by atoms with Crippen molar-refractivity contribution < 1.29 is 18.9 Å². The van der Waals surface area contributed by atoms with Crippen LogP contribution in [0.2, 0.25) is 0 Å². The summed E-state index contributed by atoms with van der Waals surface area (Å²) in [6.07, 6.45) is 0.331. The summed E-state index contributed by atoms with van der Waals surface area (Å²) in [4.78, 5) is 24.6. The average molecular weight is 270 g/mol. The van der Waals surface area contributed by atoms with Crippen LogP contribution in [0.4, 0.5) is 0 Å². The van der Waals surface area contributed by atoms with E-state index in [1.165, 1.54) is 5.56 Å². The molecule has 0 aliphatic carbocycles. The van der Waals surface area contributed by atoms with Gasteiger partial charge in [0.1, 0.15) is 5.82 Å². The minimum atomic E-state index is -4.39. The van der Waals surface area contributed by atoms with Gasteiger partial charge in [-0.05, 0) is 37.1 Å². The summed E-state index contributed by atoms with van der Waals surface area (Å²) in [5, 5.41) is 0. The van der Waals surface area contributed by atoms with Gasteiger partial charge < -0.3 is 14.8 Å². The van der Waals surface area contributed by atoms with Crippen molar-refractivity contribution in [3.8, 4) is 0 Å². The van der Waals surface area contributed by atoms with Gasteiger partial charge in [0.2, 0.25) is 0 Å². The predicted octanol–water partition coefficient (Wildman–Crippen LogP) is 1.83. The first-order valence-corrected chi connectivity index (χ1v) is 7.04. The Kier molecular flexibility index (Phi) is 3.54. The number of nitrogens with one attached hydrogen (secondary N) is 1. The van der Waals surface area contributed by atoms with E-state index in [0.717, 1.165) is 16.6 Å². The molecule has 0 spiro atoms. The first-order valence-electron chi connectivity index (χ1n) is 5.51. The van der Waals surface area contributed by atoms with E-state index in [2.05, 4.69) is 14.5 Å². The second kappa shape index (κ2) is 4.82. The third-order valence-corrected chi connectivity index (χ3v) is 3.26. The highest BCUT2D eigenvalue weighted by Gasteiger charge is 2.13. The Morgan fingerprint density at radius 2 is 2.00 bits per heavy atom. The van der Waals surface area contributed by atoms with Crippen LogP contribution in [0.25, 0.3) is 11.0 Å². The van der Waals surface area contributed by atoms with Gasteiger partial charge in [-0.25, -0.2) is 9.55 Å². The van der Waals surface area contributed by atoms with Crippen molar-refractivity contribution in [2.45, 2.75) is 20.3 Å². The fourth-order valence-corrected chi connectivity index (χ4v) is 2.03. The molecule has 3 N–H and O–H groups in total. The van der Waals surface area contributed by atoms with Crippen molar-refractivity contribution >= 4 is 18.9 Å². The summed E-state index contributed by atoms with van der Waals surface area (Å²) in [6.45, 7) is 3.97. The number of aromatic nitrogens is 2. The van der Waals surface area contributed by atoms with Gasteiger partial charge in [-0.15, -0.1) is 0 Å². The van der Waals surface area contributed by atoms with Crippen LogP contribution in [-0.4, -0.2) is 26.4 Å². The molecule has 2 aromatic rings. The zero-order chi connectivity index (χ0) is 13.3. The second-order valence-electron chi connectivity index (χ2n) is 4.21. The Labute approximate surface area is 104 Å². The number of aryl methyl sites for hydroxylation is 2. The largest absolute Gasteiger partial charge is 0.469 e. The summed E-state index contributed by atoms with van der Waals surface area (Å²) in [7, 11) is -4.39. The van der Waals surface area contributed by atoms with Gasteiger partial charge in [0.15, 0.2) is 0 Å². The lowest BCUT2D eigenvalue weighted by Gasteiger charge is -2.02. The summed E-state index contributed by atoms with van der Waals surface area (Å²) < 4.78 is 14.9. The van der Waals surface area contributed by atoms with E-state index in [-0.39, 0.29) is 6.61 Å². The summed E-state index contributed by atoms with van der Waals surface area (Å²) in [6, 6.07) is 3.99. The molecule has 6 nitrogen and oxygen atoms in total. The lowest BCUT2D eigenvalue weighted by Crippen LogP contribution is -1.98. The van der Waals surface area contributed by atoms with Crippen molar-refractivity contribution in [1.82, 2.24) is 9.97 Å². The predicted molar refractivity (Wildman–Crippen MR) is 67.3 cm³/mol. The molecular weight excluding hydrogens is 255 g/mol. The third-order valence-electron chi connectivity index (χ3n) is 2.74. The van der Waals surface area contributed by atoms with Crippen LogP contribution in [0, 0.1) is 13.8 Å². The fourth-order valence-electron chi connectivity index (χ4n) is 1.70. The van der Waals surface area contributed by atoms with Crippen molar-refractivity contribution in [3.05, 3.63) is 29.1 Å². The molecule has 2 rings (SSSR count). The lowest BCUT2D eigenvalue weighted by molar-refractivity contribution is 0.198. The molecule has 0 amide bonds. The van der Waals surface area contributed by atoms with Crippen molar-refractivity contribution in [2.75, 3.05) is 6.61 Å². The van der Waals surface area contributed by atoms with Crippen molar-refractivity contribution in [2.24, 2.45) is 0 Å². The Balaban J connectivity index is 2.13. The number of rotatable bonds is 4. The Morgan fingerprint density at radius 1 is 1.33 bits per heavy atom. The fraction of sp³-hybridized carbons (Fsp3) is 0.364. The van der Waals surface area contributed by atoms with Crippen LogP contribution < -0.4 is 0 Å². The Morgan fingerprint density at radius 3 is 2.67 bits per heavy atom. The SMILES string of the molecule is Cc1cc2nc(CCOP(=O)(O)O)[nH]c2cc1C. The molecule has 0 saturated heterocycles. The maximum atomic E-state index is 10.5. The third kappa shape index (κ3) is 3.17. The normalized spacial score (nSPS) is 12.2. The molecular formula is C11H15N2O4P. The first kappa shape index (κ1) is 13.2. The minimum Gasteiger partial charge on any atom is -0.342 e. The van der Waals surface area contributed by atoms with Gasteiger partial charge in [0, 0.05) is 6.42 Å². The molecule has 1 aromatic heterocycles. The molecule has 0 aliphatic rings. The van der Waals surface area contributed by atoms with Crippen molar-refractivity contribution in [3.63, 3.8) is 0 Å². The number of aromatic amines is 1. The van der Waals surface area contributed by atoms with E-state index < -0.39 is 7.82 Å². The van der Waals surface area contributed by atoms with Crippen LogP contribution in [0.5, 0.6) is 0 Å². The number of hydrogen-bond acceptors (Lipinski definition) is 3. The number of H-pyrrole nitrogens is 1. The van der Waals surface area contributed by atoms with Crippen LogP contribution >= 0.6 is 7.82 Å². The average Bonchev–Trinajstić information content (AvgIpc) is 2.58. The summed E-state index contributed by atoms with van der Waals surface area (Å²) >= 11 is 0. The molecule has 18 heavy (non-hydrogen) atoms. The van der Waals surface area contributed by atoms with Crippen LogP contribution in [0.3, 0.4) is 0 Å². The van der Waals surface area contributed by atoms with E-state index in [4.69, 9.17) is 9.79 Å². The molecule has 0 saturated carbocycles. The smallest absolute Gasteiger partial charge is 0.342 e. The summed E-state index contributed by atoms with van der Waals surface area (Å²) in [5.41, 5.74) is 4.10. The maximum absolute atomic E-state index is 10.5. The van der Waals surface area contributed by atoms with Crippen LogP contribution in [0.1, 0.15) is 17.0 Å². The lowest BCUT2D eigenvalue weighted by atomic mass is 10.1. The first-order chi connectivity index (χ1) is 8.35. The Hall–Kier alpha value is -1.20. The number of phosphoric ester groups is 1. The quantitative estimate of drug-likeness (QED) is 0.737. The summed E-state index contributed by atoms with van der Waals surface area (Å²) in [5.74, 6) is 0.656. The molecule has 0 radical (unpaired) electrons. The van der Waals surface area contributed by atoms with E-state index >= 15 is 0 Å². The molecule has 0 atom stereocenters. The van der Waals surface area contributed by atoms with Gasteiger partial charge in [0.05, 0.1) is 17.6 Å². The van der Waals surface area contributed by atoms with Gasteiger partial charge in [0.25, 0.3) is 0 Å². The number of hydrogen-bond donors (Lipinski definition) is 3. The van der Waals surface area contributed by atoms with Crippen LogP contribution in [0.15, 0.2) is 12.1 Å². The topological polar surface area (TPSA) is 95.4 Å². The zero-order valence-corrected chi connectivity index (χ0v) is 11.1. The highest BCUT2D eigenvalue weighted by Crippen LogP contribution is 2.35. The zero-order valence-electron chi connectivity index (χ0n) is 10.2. The van der Waals surface area contributed by atoms with E-state index in [0.29, 0.717) is 12.2 Å². The molecule has 7 heteroatoms. The number of imidazole rings is 1. The number of phosphoric acid groups is 1. The molecule has 98 valence electrons. The number of benzene rings is 1. The van der Waals surface area contributed by atoms with Gasteiger partial charge in [-0.2, -0.15) is 0 Å². The highest BCUT2D eigenvalue weighted by atomic mass is 31.2. The molecule has 1 heterocycles. The van der Waals surface area contributed by atoms with Gasteiger partial charge in [-0.3, -0.25) is 4.52 Å². The number of fused-ring (bicyclic) bond motifs is 1. The number of nitrogens with zero attached hydrogens (tertiary/aromatic N) is 1. The van der Waals surface area contributed by atoms with E-state index in [1.54, 1.807) is 0 Å². The standard InChI is InChI=1S/C11H15N2O4P/c1-7-5-9-10(6-8(7)2)13-11(12-9)3-4-17-18(14,15)16/h5-6H,3-4H2,1-2H3,(H,12,13)(H2,14,15,16). The molecule has 0 aliphatic heterocycles.